The Balaban J connectivity index is 2.34. The zero-order valence-electron chi connectivity index (χ0n) is 11.9. The van der Waals surface area contributed by atoms with Crippen LogP contribution in [0.3, 0.4) is 0 Å². The molecule has 1 amide bonds. The first-order valence-electron chi connectivity index (χ1n) is 6.69. The van der Waals surface area contributed by atoms with Gasteiger partial charge >= 0.3 is 0 Å². The van der Waals surface area contributed by atoms with Crippen LogP contribution in [0.15, 0.2) is 18.3 Å². The zero-order chi connectivity index (χ0) is 14.1. The molecule has 1 heterocycles. The van der Waals surface area contributed by atoms with E-state index in [0.717, 1.165) is 12.2 Å². The smallest absolute Gasteiger partial charge is 0.270 e. The molecule has 0 aromatic carbocycles. The maximum Gasteiger partial charge on any atom is 0.270 e. The van der Waals surface area contributed by atoms with E-state index in [0.29, 0.717) is 31.4 Å². The lowest BCUT2D eigenvalue weighted by Crippen LogP contribution is -2.28. The van der Waals surface area contributed by atoms with Gasteiger partial charge in [-0.2, -0.15) is 0 Å². The van der Waals surface area contributed by atoms with E-state index in [4.69, 9.17) is 4.74 Å². The first-order chi connectivity index (χ1) is 9.13. The number of pyridine rings is 1. The van der Waals surface area contributed by atoms with Gasteiger partial charge in [0.25, 0.3) is 5.91 Å². The molecule has 0 unspecified atom stereocenters. The van der Waals surface area contributed by atoms with Crippen molar-refractivity contribution in [2.75, 3.05) is 31.6 Å². The van der Waals surface area contributed by atoms with Gasteiger partial charge in [-0.15, -0.1) is 0 Å². The third kappa shape index (κ3) is 6.20. The van der Waals surface area contributed by atoms with Crippen LogP contribution in [0, 0.1) is 5.92 Å². The lowest BCUT2D eigenvalue weighted by atomic mass is 10.2. The Bertz CT molecular complexity index is 394. The number of carbonyl (C=O) groups excluding carboxylic acids is 1. The van der Waals surface area contributed by atoms with Gasteiger partial charge in [0.1, 0.15) is 5.69 Å². The van der Waals surface area contributed by atoms with Crippen LogP contribution in [0.4, 0.5) is 5.69 Å². The second kappa shape index (κ2) is 8.48. The van der Waals surface area contributed by atoms with Crippen molar-refractivity contribution in [3.8, 4) is 0 Å². The summed E-state index contributed by atoms with van der Waals surface area (Å²) >= 11 is 0. The molecule has 1 rings (SSSR count). The Labute approximate surface area is 114 Å². The number of carbonyl (C=O) groups is 1. The van der Waals surface area contributed by atoms with Crippen molar-refractivity contribution < 1.29 is 9.53 Å². The highest BCUT2D eigenvalue weighted by Crippen LogP contribution is 2.07. The molecule has 0 radical (unpaired) electrons. The lowest BCUT2D eigenvalue weighted by molar-refractivity contribution is 0.0882. The van der Waals surface area contributed by atoms with Crippen molar-refractivity contribution in [3.05, 3.63) is 24.0 Å². The largest absolute Gasteiger partial charge is 0.385 e. The SMILES string of the molecule is CCNc1ccnc(C(=O)NCCOCC(C)C)c1. The van der Waals surface area contributed by atoms with Crippen LogP contribution in [0.2, 0.25) is 0 Å². The van der Waals surface area contributed by atoms with Crippen LogP contribution in [0.25, 0.3) is 0 Å². The molecule has 106 valence electrons. The fourth-order valence-electron chi connectivity index (χ4n) is 1.52. The number of aromatic nitrogens is 1. The maximum atomic E-state index is 11.8. The van der Waals surface area contributed by atoms with E-state index in [1.165, 1.54) is 0 Å². The molecule has 0 saturated carbocycles. The number of hydrogen-bond donors (Lipinski definition) is 2. The van der Waals surface area contributed by atoms with E-state index in [9.17, 15) is 4.79 Å². The predicted octanol–water partition coefficient (Wildman–Crippen LogP) is 1.92. The molecule has 19 heavy (non-hydrogen) atoms. The summed E-state index contributed by atoms with van der Waals surface area (Å²) in [7, 11) is 0. The fraction of sp³-hybridized carbons (Fsp3) is 0.571. The lowest BCUT2D eigenvalue weighted by Gasteiger charge is -2.08. The second-order valence-electron chi connectivity index (χ2n) is 4.68. The Kier molecular flexibility index (Phi) is 6.89. The first-order valence-corrected chi connectivity index (χ1v) is 6.69. The average Bonchev–Trinajstić information content (AvgIpc) is 2.38. The van der Waals surface area contributed by atoms with Crippen LogP contribution in [-0.4, -0.2) is 37.2 Å². The quantitative estimate of drug-likeness (QED) is 0.705. The molecule has 0 atom stereocenters. The molecule has 5 heteroatoms. The van der Waals surface area contributed by atoms with Gasteiger partial charge in [0.2, 0.25) is 0 Å². The summed E-state index contributed by atoms with van der Waals surface area (Å²) in [4.78, 5) is 15.9. The standard InChI is InChI=1S/C14H23N3O2/c1-4-15-12-5-6-16-13(9-12)14(18)17-7-8-19-10-11(2)3/h5-6,9,11H,4,7-8,10H2,1-3H3,(H,15,16)(H,17,18). The number of rotatable bonds is 8. The monoisotopic (exact) mass is 265 g/mol. The fourth-order valence-corrected chi connectivity index (χ4v) is 1.52. The van der Waals surface area contributed by atoms with Gasteiger partial charge in [-0.05, 0) is 25.0 Å². The predicted molar refractivity (Wildman–Crippen MR) is 76.4 cm³/mol. The number of hydrogen-bond acceptors (Lipinski definition) is 4. The van der Waals surface area contributed by atoms with E-state index in [2.05, 4.69) is 29.5 Å². The Morgan fingerprint density at radius 1 is 1.47 bits per heavy atom. The highest BCUT2D eigenvalue weighted by molar-refractivity contribution is 5.93. The van der Waals surface area contributed by atoms with Gasteiger partial charge in [-0.25, -0.2) is 0 Å². The summed E-state index contributed by atoms with van der Waals surface area (Å²) in [5.74, 6) is 0.335. The van der Waals surface area contributed by atoms with Crippen LogP contribution in [-0.2, 0) is 4.74 Å². The minimum Gasteiger partial charge on any atom is -0.385 e. The van der Waals surface area contributed by atoms with E-state index in [1.54, 1.807) is 12.3 Å². The molecule has 0 aliphatic heterocycles. The molecule has 1 aromatic heterocycles. The number of anilines is 1. The maximum absolute atomic E-state index is 11.8. The summed E-state index contributed by atoms with van der Waals surface area (Å²) in [6.07, 6.45) is 1.63. The molecule has 0 aliphatic carbocycles. The zero-order valence-corrected chi connectivity index (χ0v) is 11.9. The normalized spacial score (nSPS) is 10.5. The second-order valence-corrected chi connectivity index (χ2v) is 4.68. The molecule has 5 nitrogen and oxygen atoms in total. The highest BCUT2D eigenvalue weighted by Gasteiger charge is 2.07. The van der Waals surface area contributed by atoms with E-state index in [-0.39, 0.29) is 5.91 Å². The molecular formula is C14H23N3O2. The van der Waals surface area contributed by atoms with E-state index in [1.807, 2.05) is 13.0 Å². The topological polar surface area (TPSA) is 63.2 Å². The third-order valence-electron chi connectivity index (χ3n) is 2.36. The summed E-state index contributed by atoms with van der Waals surface area (Å²) < 4.78 is 5.40. The number of amides is 1. The van der Waals surface area contributed by atoms with Gasteiger partial charge in [-0.3, -0.25) is 9.78 Å². The van der Waals surface area contributed by atoms with Gasteiger partial charge in [0, 0.05) is 31.6 Å². The van der Waals surface area contributed by atoms with Gasteiger partial charge in [0.05, 0.1) is 6.61 Å². The van der Waals surface area contributed by atoms with Crippen molar-refractivity contribution >= 4 is 11.6 Å². The molecule has 0 saturated heterocycles. The summed E-state index contributed by atoms with van der Waals surface area (Å²) in [5, 5.41) is 5.93. The Morgan fingerprint density at radius 2 is 2.26 bits per heavy atom. The molecule has 0 spiro atoms. The first kappa shape index (κ1) is 15.4. The molecule has 0 bridgehead atoms. The van der Waals surface area contributed by atoms with Gasteiger partial charge in [-0.1, -0.05) is 13.8 Å². The molecule has 0 aliphatic rings. The Morgan fingerprint density at radius 3 is 2.95 bits per heavy atom. The summed E-state index contributed by atoms with van der Waals surface area (Å²) in [6, 6.07) is 3.58. The van der Waals surface area contributed by atoms with Crippen LogP contribution >= 0.6 is 0 Å². The van der Waals surface area contributed by atoms with Crippen molar-refractivity contribution in [2.45, 2.75) is 20.8 Å². The highest BCUT2D eigenvalue weighted by atomic mass is 16.5. The summed E-state index contributed by atoms with van der Waals surface area (Å²) in [6.45, 7) is 8.74. The number of ether oxygens (including phenoxy) is 1. The Hall–Kier alpha value is -1.62. The van der Waals surface area contributed by atoms with Crippen LogP contribution in [0.5, 0.6) is 0 Å². The summed E-state index contributed by atoms with van der Waals surface area (Å²) in [5.41, 5.74) is 1.32. The average molecular weight is 265 g/mol. The van der Waals surface area contributed by atoms with E-state index < -0.39 is 0 Å². The minimum absolute atomic E-state index is 0.173. The molecular weight excluding hydrogens is 242 g/mol. The minimum atomic E-state index is -0.173. The van der Waals surface area contributed by atoms with Crippen molar-refractivity contribution in [1.82, 2.24) is 10.3 Å². The molecule has 1 aromatic rings. The molecule has 2 N–H and O–H groups in total. The molecule has 0 fully saturated rings. The van der Waals surface area contributed by atoms with Crippen LogP contribution in [0.1, 0.15) is 31.3 Å². The van der Waals surface area contributed by atoms with Crippen LogP contribution < -0.4 is 10.6 Å². The number of nitrogens with one attached hydrogen (secondary N) is 2. The van der Waals surface area contributed by atoms with Gasteiger partial charge < -0.3 is 15.4 Å². The third-order valence-corrected chi connectivity index (χ3v) is 2.36. The van der Waals surface area contributed by atoms with E-state index >= 15 is 0 Å². The van der Waals surface area contributed by atoms with Crippen molar-refractivity contribution in [2.24, 2.45) is 5.92 Å². The van der Waals surface area contributed by atoms with Crippen molar-refractivity contribution in [1.29, 1.82) is 0 Å². The van der Waals surface area contributed by atoms with Gasteiger partial charge in [0.15, 0.2) is 0 Å². The number of nitrogens with zero attached hydrogens (tertiary/aromatic N) is 1. The van der Waals surface area contributed by atoms with Crippen molar-refractivity contribution in [3.63, 3.8) is 0 Å².